The molecular weight excluding hydrogens is 443 g/mol. The molecule has 0 unspecified atom stereocenters. The van der Waals surface area contributed by atoms with Gasteiger partial charge in [0.25, 0.3) is 5.91 Å². The van der Waals surface area contributed by atoms with Gasteiger partial charge in [-0.2, -0.15) is 5.26 Å². The smallest absolute Gasteiger partial charge is 0.266 e. The molecule has 0 fully saturated rings. The minimum atomic E-state index is -0.595. The lowest BCUT2D eigenvalue weighted by Gasteiger charge is -2.09. The fraction of sp³-hybridized carbons (Fsp3) is 0.0588. The van der Waals surface area contributed by atoms with Crippen LogP contribution < -0.4 is 10.1 Å². The van der Waals surface area contributed by atoms with Crippen molar-refractivity contribution in [2.24, 2.45) is 0 Å². The van der Waals surface area contributed by atoms with Gasteiger partial charge in [0, 0.05) is 15.7 Å². The molecule has 0 saturated carbocycles. The van der Waals surface area contributed by atoms with E-state index in [0.717, 1.165) is 4.47 Å². The van der Waals surface area contributed by atoms with Crippen molar-refractivity contribution in [1.29, 1.82) is 5.26 Å². The molecule has 0 radical (unpaired) electrons. The summed E-state index contributed by atoms with van der Waals surface area (Å²) in [5.74, 6) is -0.504. The summed E-state index contributed by atoms with van der Waals surface area (Å²) >= 11 is 6.72. The molecule has 0 aliphatic heterocycles. The summed E-state index contributed by atoms with van der Waals surface area (Å²) in [5, 5.41) is 11.8. The van der Waals surface area contributed by atoms with Crippen LogP contribution in [0.5, 0.6) is 5.75 Å². The lowest BCUT2D eigenvalue weighted by molar-refractivity contribution is -0.112. The van der Waals surface area contributed by atoms with Crippen molar-refractivity contribution in [3.63, 3.8) is 0 Å². The van der Waals surface area contributed by atoms with Gasteiger partial charge in [0.1, 0.15) is 23.2 Å². The van der Waals surface area contributed by atoms with Crippen LogP contribution in [-0.2, 0) is 4.79 Å². The van der Waals surface area contributed by atoms with Gasteiger partial charge in [0.05, 0.1) is 11.6 Å². The Hall–Kier alpha value is -2.17. The second-order valence-corrected chi connectivity index (χ2v) is 6.41. The monoisotopic (exact) mass is 452 g/mol. The van der Waals surface area contributed by atoms with Gasteiger partial charge in [-0.15, -0.1) is 0 Å². The first-order valence-corrected chi connectivity index (χ1v) is 8.25. The number of nitrogens with one attached hydrogen (secondary N) is 1. The molecule has 0 heterocycles. The number of methoxy groups -OCH3 is 1. The normalized spacial score (nSPS) is 10.9. The molecule has 1 N–H and O–H groups in total. The number of nitriles is 1. The minimum absolute atomic E-state index is 0.109. The van der Waals surface area contributed by atoms with E-state index in [1.807, 2.05) is 6.07 Å². The quantitative estimate of drug-likeness (QED) is 0.528. The minimum Gasteiger partial charge on any atom is -0.495 e. The van der Waals surface area contributed by atoms with Crippen molar-refractivity contribution in [3.05, 3.63) is 62.3 Å². The van der Waals surface area contributed by atoms with E-state index >= 15 is 0 Å². The number of benzene rings is 2. The number of rotatable bonds is 4. The Kier molecular flexibility index (Phi) is 6.12. The van der Waals surface area contributed by atoms with E-state index in [0.29, 0.717) is 21.5 Å². The summed E-state index contributed by atoms with van der Waals surface area (Å²) in [6, 6.07) is 10.7. The highest BCUT2D eigenvalue weighted by Crippen LogP contribution is 2.34. The Morgan fingerprint density at radius 3 is 2.54 bits per heavy atom. The van der Waals surface area contributed by atoms with Crippen LogP contribution in [0.2, 0.25) is 0 Å². The maximum Gasteiger partial charge on any atom is 0.266 e. The Labute approximate surface area is 155 Å². The molecule has 2 aromatic carbocycles. The number of anilines is 1. The molecule has 2 rings (SSSR count). The molecule has 1 amide bonds. The Morgan fingerprint density at radius 2 is 1.96 bits per heavy atom. The SMILES string of the molecule is COc1c(Br)cc(Br)cc1/C=C(\C#N)C(=O)Nc1ccc(F)cc1. The van der Waals surface area contributed by atoms with Gasteiger partial charge in [0.15, 0.2) is 0 Å². The van der Waals surface area contributed by atoms with E-state index in [1.165, 1.54) is 37.5 Å². The van der Waals surface area contributed by atoms with Crippen molar-refractivity contribution in [3.8, 4) is 11.8 Å². The van der Waals surface area contributed by atoms with Crippen LogP contribution in [0.1, 0.15) is 5.56 Å². The molecule has 0 bridgehead atoms. The van der Waals surface area contributed by atoms with Gasteiger partial charge in [-0.3, -0.25) is 4.79 Å². The summed E-state index contributed by atoms with van der Waals surface area (Å²) in [5.41, 5.74) is 0.845. The Bertz CT molecular complexity index is 843. The largest absolute Gasteiger partial charge is 0.495 e. The molecule has 122 valence electrons. The topological polar surface area (TPSA) is 62.1 Å². The van der Waals surface area contributed by atoms with E-state index in [1.54, 1.807) is 12.1 Å². The standard InChI is InChI=1S/C17H11Br2FN2O2/c1-24-16-10(7-12(18)8-15(16)19)6-11(9-21)17(23)22-14-4-2-13(20)3-5-14/h2-8H,1H3,(H,22,23)/b11-6+. The number of halogens is 3. The number of carbonyl (C=O) groups excluding carboxylic acids is 1. The van der Waals surface area contributed by atoms with Crippen molar-refractivity contribution >= 4 is 49.5 Å². The fourth-order valence-corrected chi connectivity index (χ4v) is 3.36. The maximum atomic E-state index is 12.9. The molecule has 24 heavy (non-hydrogen) atoms. The summed E-state index contributed by atoms with van der Waals surface area (Å²) in [6.45, 7) is 0. The van der Waals surface area contributed by atoms with Crippen molar-refractivity contribution < 1.29 is 13.9 Å². The van der Waals surface area contributed by atoms with Crippen LogP contribution in [0, 0.1) is 17.1 Å². The van der Waals surface area contributed by atoms with Crippen LogP contribution in [0.4, 0.5) is 10.1 Å². The molecule has 0 aliphatic carbocycles. The van der Waals surface area contributed by atoms with E-state index in [9.17, 15) is 14.4 Å². The Balaban J connectivity index is 2.34. The van der Waals surface area contributed by atoms with Gasteiger partial charge in [0.2, 0.25) is 0 Å². The highest BCUT2D eigenvalue weighted by molar-refractivity contribution is 9.11. The third-order valence-corrected chi connectivity index (χ3v) is 4.06. The van der Waals surface area contributed by atoms with Crippen molar-refractivity contribution in [1.82, 2.24) is 0 Å². The first kappa shape index (κ1) is 18.2. The molecule has 0 aliphatic rings. The van der Waals surface area contributed by atoms with Crippen LogP contribution in [0.15, 0.2) is 50.9 Å². The predicted octanol–water partition coefficient (Wildman–Crippen LogP) is 4.90. The third-order valence-electron chi connectivity index (χ3n) is 3.01. The number of amides is 1. The molecule has 0 aromatic heterocycles. The lowest BCUT2D eigenvalue weighted by atomic mass is 10.1. The number of nitrogens with zero attached hydrogens (tertiary/aromatic N) is 1. The zero-order valence-electron chi connectivity index (χ0n) is 12.4. The second-order valence-electron chi connectivity index (χ2n) is 4.64. The van der Waals surface area contributed by atoms with Crippen molar-refractivity contribution in [2.45, 2.75) is 0 Å². The third kappa shape index (κ3) is 4.43. The molecule has 4 nitrogen and oxygen atoms in total. The van der Waals surface area contributed by atoms with E-state index in [4.69, 9.17) is 4.74 Å². The first-order chi connectivity index (χ1) is 11.4. The van der Waals surface area contributed by atoms with Gasteiger partial charge in [-0.05, 0) is 58.4 Å². The number of hydrogen-bond acceptors (Lipinski definition) is 3. The average molecular weight is 454 g/mol. The lowest BCUT2D eigenvalue weighted by Crippen LogP contribution is -2.13. The second kappa shape index (κ2) is 8.08. The summed E-state index contributed by atoms with van der Waals surface area (Å²) in [4.78, 5) is 12.2. The number of ether oxygens (including phenoxy) is 1. The maximum absolute atomic E-state index is 12.9. The highest BCUT2D eigenvalue weighted by Gasteiger charge is 2.13. The summed E-state index contributed by atoms with van der Waals surface area (Å²) in [6.07, 6.45) is 1.42. The zero-order chi connectivity index (χ0) is 17.7. The first-order valence-electron chi connectivity index (χ1n) is 6.66. The van der Waals surface area contributed by atoms with Crippen LogP contribution >= 0.6 is 31.9 Å². The number of carbonyl (C=O) groups is 1. The molecule has 0 spiro atoms. The summed E-state index contributed by atoms with van der Waals surface area (Å²) < 4.78 is 19.6. The van der Waals surface area contributed by atoms with E-state index in [2.05, 4.69) is 37.2 Å². The van der Waals surface area contributed by atoms with Crippen LogP contribution in [0.3, 0.4) is 0 Å². The average Bonchev–Trinajstić information content (AvgIpc) is 2.54. The molecular formula is C17H11Br2FN2O2. The Morgan fingerprint density at radius 1 is 1.29 bits per heavy atom. The van der Waals surface area contributed by atoms with Gasteiger partial charge in [-0.1, -0.05) is 15.9 Å². The van der Waals surface area contributed by atoms with Crippen molar-refractivity contribution in [2.75, 3.05) is 12.4 Å². The molecule has 0 atom stereocenters. The van der Waals surface area contributed by atoms with E-state index < -0.39 is 11.7 Å². The number of hydrogen-bond donors (Lipinski definition) is 1. The molecule has 7 heteroatoms. The van der Waals surface area contributed by atoms with Gasteiger partial charge >= 0.3 is 0 Å². The van der Waals surface area contributed by atoms with Gasteiger partial charge < -0.3 is 10.1 Å². The van der Waals surface area contributed by atoms with Crippen LogP contribution in [0.25, 0.3) is 6.08 Å². The fourth-order valence-electron chi connectivity index (χ4n) is 1.94. The molecule has 2 aromatic rings. The zero-order valence-corrected chi connectivity index (χ0v) is 15.6. The highest BCUT2D eigenvalue weighted by atomic mass is 79.9. The van der Waals surface area contributed by atoms with E-state index in [-0.39, 0.29) is 5.57 Å². The molecule has 0 saturated heterocycles. The van der Waals surface area contributed by atoms with Crippen LogP contribution in [-0.4, -0.2) is 13.0 Å². The predicted molar refractivity (Wildman–Crippen MR) is 97.0 cm³/mol. The summed E-state index contributed by atoms with van der Waals surface area (Å²) in [7, 11) is 1.50. The van der Waals surface area contributed by atoms with Gasteiger partial charge in [-0.25, -0.2) is 4.39 Å².